The lowest BCUT2D eigenvalue weighted by atomic mass is 10.1. The Hall–Kier alpha value is -1.34. The van der Waals surface area contributed by atoms with Crippen molar-refractivity contribution in [3.63, 3.8) is 0 Å². The number of nitrogens with one attached hydrogen (secondary N) is 1. The van der Waals surface area contributed by atoms with Gasteiger partial charge in [-0.2, -0.15) is 0 Å². The van der Waals surface area contributed by atoms with Crippen LogP contribution in [0.15, 0.2) is 22.8 Å². The van der Waals surface area contributed by atoms with E-state index in [9.17, 15) is 4.79 Å². The van der Waals surface area contributed by atoms with Crippen molar-refractivity contribution in [1.29, 1.82) is 0 Å². The van der Waals surface area contributed by atoms with Gasteiger partial charge < -0.3 is 5.32 Å². The van der Waals surface area contributed by atoms with Crippen LogP contribution in [-0.2, 0) is 0 Å². The minimum Gasteiger partial charge on any atom is -0.347 e. The van der Waals surface area contributed by atoms with Gasteiger partial charge >= 0.3 is 0 Å². The Labute approximate surface area is 104 Å². The summed E-state index contributed by atoms with van der Waals surface area (Å²) >= 11 is 3.22. The van der Waals surface area contributed by atoms with Crippen molar-refractivity contribution >= 4 is 21.8 Å². The second-order valence-corrected chi connectivity index (χ2v) is 4.14. The predicted octanol–water partition coefficient (Wildman–Crippen LogP) is 2.38. The maximum atomic E-state index is 11.8. The Morgan fingerprint density at radius 1 is 1.69 bits per heavy atom. The molecule has 0 fully saturated rings. The molecule has 0 aliphatic heterocycles. The monoisotopic (exact) mass is 280 g/mol. The summed E-state index contributed by atoms with van der Waals surface area (Å²) in [6.45, 7) is 1.98. The highest BCUT2D eigenvalue weighted by Crippen LogP contribution is 2.07. The van der Waals surface area contributed by atoms with Crippen LogP contribution in [0, 0.1) is 12.3 Å². The normalized spacial score (nSPS) is 11.6. The van der Waals surface area contributed by atoms with E-state index < -0.39 is 0 Å². The molecule has 1 amide bonds. The van der Waals surface area contributed by atoms with E-state index in [1.807, 2.05) is 6.92 Å². The van der Waals surface area contributed by atoms with Crippen LogP contribution in [0.5, 0.6) is 0 Å². The molecule has 4 heteroatoms. The van der Waals surface area contributed by atoms with Gasteiger partial charge in [0.2, 0.25) is 0 Å². The lowest BCUT2D eigenvalue weighted by Gasteiger charge is -2.13. The van der Waals surface area contributed by atoms with E-state index >= 15 is 0 Å². The summed E-state index contributed by atoms with van der Waals surface area (Å²) in [5.74, 6) is 2.35. The third-order valence-corrected chi connectivity index (χ3v) is 2.58. The Kier molecular flexibility index (Phi) is 5.00. The number of pyridine rings is 1. The number of hydrogen-bond donors (Lipinski definition) is 1. The van der Waals surface area contributed by atoms with Gasteiger partial charge in [0.1, 0.15) is 10.3 Å². The molecular weight excluding hydrogens is 268 g/mol. The molecule has 0 saturated carbocycles. The van der Waals surface area contributed by atoms with Crippen molar-refractivity contribution < 1.29 is 4.79 Å². The maximum absolute atomic E-state index is 11.8. The number of rotatable bonds is 4. The van der Waals surface area contributed by atoms with Crippen molar-refractivity contribution in [2.24, 2.45) is 0 Å². The summed E-state index contributed by atoms with van der Waals surface area (Å²) in [4.78, 5) is 15.9. The van der Waals surface area contributed by atoms with Gasteiger partial charge in [0, 0.05) is 12.5 Å². The molecule has 1 rings (SSSR count). The molecule has 0 saturated heterocycles. The van der Waals surface area contributed by atoms with Gasteiger partial charge in [-0.1, -0.05) is 13.0 Å². The van der Waals surface area contributed by atoms with Crippen LogP contribution in [-0.4, -0.2) is 16.9 Å². The van der Waals surface area contributed by atoms with E-state index in [-0.39, 0.29) is 11.9 Å². The average Bonchev–Trinajstić information content (AvgIpc) is 2.28. The van der Waals surface area contributed by atoms with Gasteiger partial charge in [0.25, 0.3) is 5.91 Å². The molecule has 0 aliphatic rings. The summed E-state index contributed by atoms with van der Waals surface area (Å²) in [5, 5.41) is 2.85. The largest absolute Gasteiger partial charge is 0.347 e. The molecule has 1 atom stereocenters. The standard InChI is InChI=1S/C12H13BrN2O/c1-3-6-9(4-2)14-12(16)10-7-5-8-11(13)15-10/h1,5,7-9H,4,6H2,2H3,(H,14,16). The Morgan fingerprint density at radius 3 is 3.00 bits per heavy atom. The van der Waals surface area contributed by atoms with Crippen molar-refractivity contribution in [2.45, 2.75) is 25.8 Å². The minimum atomic E-state index is -0.191. The Bertz CT molecular complexity index is 412. The average molecular weight is 281 g/mol. The molecule has 1 heterocycles. The third kappa shape index (κ3) is 3.67. The summed E-state index contributed by atoms with van der Waals surface area (Å²) < 4.78 is 0.644. The number of halogens is 1. The van der Waals surface area contributed by atoms with Crippen LogP contribution in [0.3, 0.4) is 0 Å². The minimum absolute atomic E-state index is 0.0123. The summed E-state index contributed by atoms with van der Waals surface area (Å²) in [6.07, 6.45) is 6.57. The molecule has 1 aromatic heterocycles. The molecule has 3 nitrogen and oxygen atoms in total. The van der Waals surface area contributed by atoms with E-state index in [4.69, 9.17) is 6.42 Å². The summed E-state index contributed by atoms with van der Waals surface area (Å²) in [7, 11) is 0. The van der Waals surface area contributed by atoms with Crippen molar-refractivity contribution in [3.8, 4) is 12.3 Å². The second-order valence-electron chi connectivity index (χ2n) is 3.33. The van der Waals surface area contributed by atoms with E-state index in [0.29, 0.717) is 16.7 Å². The van der Waals surface area contributed by atoms with E-state index in [1.165, 1.54) is 0 Å². The fourth-order valence-electron chi connectivity index (χ4n) is 1.23. The van der Waals surface area contributed by atoms with Crippen LogP contribution in [0.2, 0.25) is 0 Å². The Morgan fingerprint density at radius 2 is 2.44 bits per heavy atom. The second kappa shape index (κ2) is 6.29. The van der Waals surface area contributed by atoms with E-state index in [1.54, 1.807) is 18.2 Å². The summed E-state index contributed by atoms with van der Waals surface area (Å²) in [6, 6.07) is 5.23. The molecule has 1 unspecified atom stereocenters. The SMILES string of the molecule is C#CCC(CC)NC(=O)c1cccc(Br)n1. The molecule has 16 heavy (non-hydrogen) atoms. The number of terminal acetylenes is 1. The molecule has 0 radical (unpaired) electrons. The van der Waals surface area contributed by atoms with Crippen molar-refractivity contribution in [3.05, 3.63) is 28.5 Å². The quantitative estimate of drug-likeness (QED) is 0.680. The summed E-state index contributed by atoms with van der Waals surface area (Å²) in [5.41, 5.74) is 0.393. The van der Waals surface area contributed by atoms with Gasteiger partial charge in [-0.25, -0.2) is 4.98 Å². The molecule has 1 aromatic rings. The number of amides is 1. The van der Waals surface area contributed by atoms with E-state index in [0.717, 1.165) is 6.42 Å². The lowest BCUT2D eigenvalue weighted by Crippen LogP contribution is -2.34. The molecule has 0 aromatic carbocycles. The lowest BCUT2D eigenvalue weighted by molar-refractivity contribution is 0.0931. The molecule has 0 aliphatic carbocycles. The van der Waals surface area contributed by atoms with Gasteiger partial charge in [-0.3, -0.25) is 4.79 Å². The van der Waals surface area contributed by atoms with Crippen LogP contribution < -0.4 is 5.32 Å². The fourth-order valence-corrected chi connectivity index (χ4v) is 1.58. The van der Waals surface area contributed by atoms with Crippen molar-refractivity contribution in [2.75, 3.05) is 0 Å². The van der Waals surface area contributed by atoms with Crippen LogP contribution >= 0.6 is 15.9 Å². The zero-order valence-corrected chi connectivity index (χ0v) is 10.6. The molecular formula is C12H13BrN2O. The topological polar surface area (TPSA) is 42.0 Å². The van der Waals surface area contributed by atoms with Gasteiger partial charge in [-0.05, 0) is 34.5 Å². The van der Waals surface area contributed by atoms with Crippen LogP contribution in [0.25, 0.3) is 0 Å². The van der Waals surface area contributed by atoms with Gasteiger partial charge in [0.05, 0.1) is 0 Å². The maximum Gasteiger partial charge on any atom is 0.270 e. The highest BCUT2D eigenvalue weighted by Gasteiger charge is 2.12. The number of hydrogen-bond acceptors (Lipinski definition) is 2. The molecule has 0 bridgehead atoms. The van der Waals surface area contributed by atoms with Crippen molar-refractivity contribution in [1.82, 2.24) is 10.3 Å². The first-order valence-electron chi connectivity index (χ1n) is 5.04. The zero-order chi connectivity index (χ0) is 12.0. The first-order chi connectivity index (χ1) is 7.67. The first-order valence-corrected chi connectivity index (χ1v) is 5.83. The highest BCUT2D eigenvalue weighted by molar-refractivity contribution is 9.10. The smallest absolute Gasteiger partial charge is 0.270 e. The fraction of sp³-hybridized carbons (Fsp3) is 0.333. The number of carbonyl (C=O) groups is 1. The molecule has 84 valence electrons. The predicted molar refractivity (Wildman–Crippen MR) is 66.9 cm³/mol. The van der Waals surface area contributed by atoms with Gasteiger partial charge in [0.15, 0.2) is 0 Å². The zero-order valence-electron chi connectivity index (χ0n) is 9.03. The number of aromatic nitrogens is 1. The molecule has 1 N–H and O–H groups in total. The number of nitrogens with zero attached hydrogens (tertiary/aromatic N) is 1. The van der Waals surface area contributed by atoms with Crippen LogP contribution in [0.1, 0.15) is 30.3 Å². The van der Waals surface area contributed by atoms with Gasteiger partial charge in [-0.15, -0.1) is 12.3 Å². The third-order valence-electron chi connectivity index (χ3n) is 2.14. The van der Waals surface area contributed by atoms with E-state index in [2.05, 4.69) is 32.2 Å². The number of carbonyl (C=O) groups excluding carboxylic acids is 1. The molecule has 0 spiro atoms. The highest BCUT2D eigenvalue weighted by atomic mass is 79.9. The van der Waals surface area contributed by atoms with Crippen LogP contribution in [0.4, 0.5) is 0 Å². The Balaban J connectivity index is 2.68. The first kappa shape index (κ1) is 12.7.